The van der Waals surface area contributed by atoms with Crippen molar-refractivity contribution in [3.63, 3.8) is 0 Å². The van der Waals surface area contributed by atoms with Crippen LogP contribution < -0.4 is 4.74 Å². The Morgan fingerprint density at radius 3 is 2.10 bits per heavy atom. The third-order valence-electron chi connectivity index (χ3n) is 3.17. The van der Waals surface area contributed by atoms with Crippen LogP contribution in [-0.2, 0) is 0 Å². The number of hydrogen-bond acceptors (Lipinski definition) is 2. The quantitative estimate of drug-likeness (QED) is 0.580. The van der Waals surface area contributed by atoms with Gasteiger partial charge in [0.25, 0.3) is 0 Å². The Labute approximate surface area is 123 Å². The topological polar surface area (TPSA) is 26.3 Å². The number of halogens is 1. The van der Waals surface area contributed by atoms with Crippen molar-refractivity contribution >= 4 is 5.78 Å². The maximum atomic E-state index is 12.8. The van der Waals surface area contributed by atoms with Crippen molar-refractivity contribution < 1.29 is 13.9 Å². The molecule has 0 aliphatic rings. The van der Waals surface area contributed by atoms with Crippen LogP contribution in [0.1, 0.15) is 29.3 Å². The summed E-state index contributed by atoms with van der Waals surface area (Å²) in [6.07, 6.45) is 0.876. The second-order valence-electron chi connectivity index (χ2n) is 4.75. The number of rotatable bonds is 6. The Morgan fingerprint density at radius 1 is 1.05 bits per heavy atom. The Balaban J connectivity index is 2.06. The SMILES string of the molecule is C=C(CC)COc1ccc(C(=O)c2ccc(F)cc2)cc1. The normalized spacial score (nSPS) is 10.2. The highest BCUT2D eigenvalue weighted by molar-refractivity contribution is 6.08. The molecule has 0 aromatic heterocycles. The molecule has 0 bridgehead atoms. The van der Waals surface area contributed by atoms with E-state index in [-0.39, 0.29) is 11.6 Å². The highest BCUT2D eigenvalue weighted by atomic mass is 19.1. The van der Waals surface area contributed by atoms with E-state index >= 15 is 0 Å². The van der Waals surface area contributed by atoms with Crippen LogP contribution in [0.3, 0.4) is 0 Å². The van der Waals surface area contributed by atoms with Gasteiger partial charge in [0.05, 0.1) is 0 Å². The lowest BCUT2D eigenvalue weighted by Crippen LogP contribution is -2.02. The first-order valence-corrected chi connectivity index (χ1v) is 6.80. The molecule has 0 fully saturated rings. The van der Waals surface area contributed by atoms with Crippen LogP contribution in [-0.4, -0.2) is 12.4 Å². The third-order valence-corrected chi connectivity index (χ3v) is 3.17. The first kappa shape index (κ1) is 15.0. The van der Waals surface area contributed by atoms with E-state index in [2.05, 4.69) is 6.58 Å². The van der Waals surface area contributed by atoms with Gasteiger partial charge in [-0.15, -0.1) is 0 Å². The summed E-state index contributed by atoms with van der Waals surface area (Å²) in [7, 11) is 0. The Bertz CT molecular complexity index is 627. The fraction of sp³-hybridized carbons (Fsp3) is 0.167. The number of carbonyl (C=O) groups is 1. The minimum atomic E-state index is -0.355. The molecule has 0 saturated carbocycles. The summed E-state index contributed by atoms with van der Waals surface area (Å²) in [6, 6.07) is 12.4. The molecule has 0 unspecified atom stereocenters. The minimum absolute atomic E-state index is 0.139. The van der Waals surface area contributed by atoms with Gasteiger partial charge in [-0.25, -0.2) is 4.39 Å². The van der Waals surface area contributed by atoms with E-state index in [4.69, 9.17) is 4.74 Å². The van der Waals surface area contributed by atoms with Gasteiger partial charge in [0.1, 0.15) is 18.2 Å². The van der Waals surface area contributed by atoms with E-state index in [1.807, 2.05) is 6.92 Å². The van der Waals surface area contributed by atoms with Crippen LogP contribution in [0.15, 0.2) is 60.7 Å². The molecule has 2 aromatic rings. The summed E-state index contributed by atoms with van der Waals surface area (Å²) >= 11 is 0. The molecular formula is C18H17FO2. The van der Waals surface area contributed by atoms with Crippen LogP contribution in [0, 0.1) is 5.82 Å². The predicted octanol–water partition coefficient (Wildman–Crippen LogP) is 4.40. The third kappa shape index (κ3) is 4.02. The average molecular weight is 284 g/mol. The first-order chi connectivity index (χ1) is 10.1. The summed E-state index contributed by atoms with van der Waals surface area (Å²) < 4.78 is 18.4. The van der Waals surface area contributed by atoms with Gasteiger partial charge in [0.15, 0.2) is 5.78 Å². The van der Waals surface area contributed by atoms with Crippen molar-refractivity contribution in [1.82, 2.24) is 0 Å². The highest BCUT2D eigenvalue weighted by Crippen LogP contribution is 2.16. The molecule has 0 aliphatic heterocycles. The second-order valence-corrected chi connectivity index (χ2v) is 4.75. The molecule has 2 nitrogen and oxygen atoms in total. The molecule has 2 rings (SSSR count). The molecule has 0 amide bonds. The van der Waals surface area contributed by atoms with Crippen LogP contribution >= 0.6 is 0 Å². The molecule has 0 spiro atoms. The van der Waals surface area contributed by atoms with Crippen molar-refractivity contribution in [2.45, 2.75) is 13.3 Å². The Kier molecular flexibility index (Phi) is 4.88. The fourth-order valence-corrected chi connectivity index (χ4v) is 1.76. The summed E-state index contributed by atoms with van der Waals surface area (Å²) in [5.74, 6) is 0.200. The maximum absolute atomic E-state index is 12.8. The monoisotopic (exact) mass is 284 g/mol. The fourth-order valence-electron chi connectivity index (χ4n) is 1.76. The minimum Gasteiger partial charge on any atom is -0.489 e. The van der Waals surface area contributed by atoms with Crippen molar-refractivity contribution in [3.8, 4) is 5.75 Å². The lowest BCUT2D eigenvalue weighted by Gasteiger charge is -2.08. The van der Waals surface area contributed by atoms with E-state index < -0.39 is 0 Å². The van der Waals surface area contributed by atoms with Gasteiger partial charge in [0.2, 0.25) is 0 Å². The van der Waals surface area contributed by atoms with Crippen molar-refractivity contribution in [3.05, 3.63) is 77.6 Å². The van der Waals surface area contributed by atoms with Gasteiger partial charge >= 0.3 is 0 Å². The van der Waals surface area contributed by atoms with Gasteiger partial charge < -0.3 is 4.74 Å². The molecule has 0 atom stereocenters. The van der Waals surface area contributed by atoms with E-state index in [0.29, 0.717) is 23.5 Å². The molecule has 0 N–H and O–H groups in total. The molecule has 3 heteroatoms. The van der Waals surface area contributed by atoms with Gasteiger partial charge in [-0.3, -0.25) is 4.79 Å². The first-order valence-electron chi connectivity index (χ1n) is 6.80. The van der Waals surface area contributed by atoms with Crippen molar-refractivity contribution in [2.75, 3.05) is 6.61 Å². The number of ether oxygens (including phenoxy) is 1. The molecule has 0 heterocycles. The smallest absolute Gasteiger partial charge is 0.193 e. The lowest BCUT2D eigenvalue weighted by atomic mass is 10.0. The highest BCUT2D eigenvalue weighted by Gasteiger charge is 2.09. The lowest BCUT2D eigenvalue weighted by molar-refractivity contribution is 0.103. The predicted molar refractivity (Wildman–Crippen MR) is 81.2 cm³/mol. The zero-order valence-electron chi connectivity index (χ0n) is 11.9. The van der Waals surface area contributed by atoms with Crippen LogP contribution in [0.2, 0.25) is 0 Å². The zero-order valence-corrected chi connectivity index (χ0v) is 11.9. The zero-order chi connectivity index (χ0) is 15.2. The van der Waals surface area contributed by atoms with Gasteiger partial charge in [-0.1, -0.05) is 13.5 Å². The van der Waals surface area contributed by atoms with Gasteiger partial charge in [-0.05, 0) is 60.5 Å². The van der Waals surface area contributed by atoms with Gasteiger partial charge in [0, 0.05) is 11.1 Å². The molecule has 108 valence electrons. The number of carbonyl (C=O) groups excluding carboxylic acids is 1. The van der Waals surface area contributed by atoms with Crippen molar-refractivity contribution in [2.24, 2.45) is 0 Å². The van der Waals surface area contributed by atoms with Crippen LogP contribution in [0.5, 0.6) is 5.75 Å². The van der Waals surface area contributed by atoms with Crippen LogP contribution in [0.4, 0.5) is 4.39 Å². The van der Waals surface area contributed by atoms with Crippen molar-refractivity contribution in [1.29, 1.82) is 0 Å². The number of benzene rings is 2. The summed E-state index contributed by atoms with van der Waals surface area (Å²) in [6.45, 7) is 6.37. The summed E-state index contributed by atoms with van der Waals surface area (Å²) in [5, 5.41) is 0. The average Bonchev–Trinajstić information content (AvgIpc) is 2.53. The number of hydrogen-bond donors (Lipinski definition) is 0. The standard InChI is InChI=1S/C18H17FO2/c1-3-13(2)12-21-17-10-6-15(7-11-17)18(20)14-4-8-16(19)9-5-14/h4-11H,2-3,12H2,1H3. The summed E-state index contributed by atoms with van der Waals surface area (Å²) in [5.41, 5.74) is 2.02. The largest absolute Gasteiger partial charge is 0.489 e. The molecule has 0 saturated heterocycles. The molecule has 21 heavy (non-hydrogen) atoms. The van der Waals surface area contributed by atoms with Crippen LogP contribution in [0.25, 0.3) is 0 Å². The van der Waals surface area contributed by atoms with E-state index in [9.17, 15) is 9.18 Å². The van der Waals surface area contributed by atoms with E-state index in [0.717, 1.165) is 12.0 Å². The Hall–Kier alpha value is -2.42. The molecule has 2 aromatic carbocycles. The molecular weight excluding hydrogens is 267 g/mol. The second kappa shape index (κ2) is 6.84. The maximum Gasteiger partial charge on any atom is 0.193 e. The Morgan fingerprint density at radius 2 is 1.57 bits per heavy atom. The van der Waals surface area contributed by atoms with E-state index in [1.54, 1.807) is 24.3 Å². The number of ketones is 1. The van der Waals surface area contributed by atoms with Gasteiger partial charge in [-0.2, -0.15) is 0 Å². The molecule has 0 radical (unpaired) electrons. The molecule has 0 aliphatic carbocycles. The summed E-state index contributed by atoms with van der Waals surface area (Å²) in [4.78, 5) is 12.2. The van der Waals surface area contributed by atoms with E-state index in [1.165, 1.54) is 24.3 Å².